The normalized spacial score (nSPS) is 10.7. The van der Waals surface area contributed by atoms with Gasteiger partial charge in [-0.3, -0.25) is 4.79 Å². The lowest BCUT2D eigenvalue weighted by Gasteiger charge is -2.08. The summed E-state index contributed by atoms with van der Waals surface area (Å²) in [7, 11) is 0. The third-order valence-corrected chi connectivity index (χ3v) is 4.72. The Morgan fingerprint density at radius 3 is 2.36 bits per heavy atom. The zero-order chi connectivity index (χ0) is 18.0. The lowest BCUT2D eigenvalue weighted by atomic mass is 10.1. The highest BCUT2D eigenvalue weighted by Gasteiger charge is 2.15. The van der Waals surface area contributed by atoms with Crippen LogP contribution in [0.25, 0.3) is 11.3 Å². The largest absolute Gasteiger partial charge is 0.326 e. The lowest BCUT2D eigenvalue weighted by Crippen LogP contribution is -2.14. The van der Waals surface area contributed by atoms with Gasteiger partial charge in [-0.1, -0.05) is 6.07 Å². The highest BCUT2D eigenvalue weighted by atomic mass is 32.1. The number of aryl methyl sites for hydroxylation is 3. The van der Waals surface area contributed by atoms with Crippen molar-refractivity contribution in [3.63, 3.8) is 0 Å². The molecule has 128 valence electrons. The summed E-state index contributed by atoms with van der Waals surface area (Å²) in [5.74, 6) is -0.373. The Kier molecular flexibility index (Phi) is 4.95. The Balaban J connectivity index is 1.80. The van der Waals surface area contributed by atoms with Gasteiger partial charge in [0.25, 0.3) is 0 Å². The molecule has 0 saturated heterocycles. The third kappa shape index (κ3) is 4.31. The molecule has 3 nitrogen and oxygen atoms in total. The molecule has 0 bridgehead atoms. The molecule has 0 fully saturated rings. The van der Waals surface area contributed by atoms with Crippen LogP contribution in [0.4, 0.5) is 10.1 Å². The van der Waals surface area contributed by atoms with E-state index in [-0.39, 0.29) is 18.1 Å². The Bertz CT molecular complexity index is 896. The number of anilines is 1. The number of benzene rings is 2. The molecule has 3 aromatic rings. The van der Waals surface area contributed by atoms with Gasteiger partial charge >= 0.3 is 0 Å². The predicted molar refractivity (Wildman–Crippen MR) is 100 cm³/mol. The van der Waals surface area contributed by atoms with Crippen LogP contribution in [0.1, 0.15) is 21.0 Å². The van der Waals surface area contributed by atoms with E-state index in [1.807, 2.05) is 32.9 Å². The summed E-state index contributed by atoms with van der Waals surface area (Å²) >= 11 is 1.49. The van der Waals surface area contributed by atoms with Crippen molar-refractivity contribution in [3.8, 4) is 11.3 Å². The molecule has 0 unspecified atom stereocenters. The SMILES string of the molecule is Cc1cc(C)cc(NC(=O)Cc2sc(C)nc2-c2ccc(F)cc2)c1. The Morgan fingerprint density at radius 2 is 1.72 bits per heavy atom. The minimum absolute atomic E-state index is 0.0861. The van der Waals surface area contributed by atoms with Gasteiger partial charge in [0.05, 0.1) is 17.1 Å². The maximum Gasteiger partial charge on any atom is 0.229 e. The minimum Gasteiger partial charge on any atom is -0.326 e. The smallest absolute Gasteiger partial charge is 0.229 e. The Morgan fingerprint density at radius 1 is 1.08 bits per heavy atom. The predicted octanol–water partition coefficient (Wildman–Crippen LogP) is 5.06. The molecule has 2 aromatic carbocycles. The fourth-order valence-corrected chi connectivity index (χ4v) is 3.78. The third-order valence-electron chi connectivity index (χ3n) is 3.75. The molecule has 0 aliphatic carbocycles. The topological polar surface area (TPSA) is 42.0 Å². The number of thiazole rings is 1. The molecule has 1 aromatic heterocycles. The van der Waals surface area contributed by atoms with Crippen molar-refractivity contribution in [1.82, 2.24) is 4.98 Å². The van der Waals surface area contributed by atoms with Crippen molar-refractivity contribution in [2.75, 3.05) is 5.32 Å². The van der Waals surface area contributed by atoms with Gasteiger partial charge in [-0.15, -0.1) is 11.3 Å². The molecule has 0 aliphatic rings. The lowest BCUT2D eigenvalue weighted by molar-refractivity contribution is -0.115. The Hall–Kier alpha value is -2.53. The Labute approximate surface area is 150 Å². The van der Waals surface area contributed by atoms with Crippen LogP contribution < -0.4 is 5.32 Å². The van der Waals surface area contributed by atoms with Gasteiger partial charge < -0.3 is 5.32 Å². The summed E-state index contributed by atoms with van der Waals surface area (Å²) in [5.41, 5.74) is 4.58. The zero-order valence-corrected chi connectivity index (χ0v) is 15.2. The van der Waals surface area contributed by atoms with Crippen molar-refractivity contribution in [1.29, 1.82) is 0 Å². The summed E-state index contributed by atoms with van der Waals surface area (Å²) in [6.07, 6.45) is 0.241. The molecule has 5 heteroatoms. The molecule has 0 radical (unpaired) electrons. The number of amides is 1. The summed E-state index contributed by atoms with van der Waals surface area (Å²) in [6.45, 7) is 5.91. The molecular weight excluding hydrogens is 335 g/mol. The maximum absolute atomic E-state index is 13.1. The number of carbonyl (C=O) groups is 1. The first kappa shape index (κ1) is 17.3. The summed E-state index contributed by atoms with van der Waals surface area (Å²) in [5, 5.41) is 3.83. The number of halogens is 1. The molecule has 0 aliphatic heterocycles. The number of aromatic nitrogens is 1. The molecule has 1 heterocycles. The molecular formula is C20H19FN2OS. The van der Waals surface area contributed by atoms with Gasteiger partial charge in [0, 0.05) is 16.1 Å². The van der Waals surface area contributed by atoms with Crippen molar-refractivity contribution in [2.24, 2.45) is 0 Å². The van der Waals surface area contributed by atoms with Gasteiger partial charge in [-0.2, -0.15) is 0 Å². The second-order valence-electron chi connectivity index (χ2n) is 6.11. The number of hydrogen-bond acceptors (Lipinski definition) is 3. The highest BCUT2D eigenvalue weighted by Crippen LogP contribution is 2.29. The number of hydrogen-bond donors (Lipinski definition) is 1. The summed E-state index contributed by atoms with van der Waals surface area (Å²) in [6, 6.07) is 12.2. The first-order valence-corrected chi connectivity index (χ1v) is 8.83. The zero-order valence-electron chi connectivity index (χ0n) is 14.4. The minimum atomic E-state index is -0.287. The number of carbonyl (C=O) groups excluding carboxylic acids is 1. The van der Waals surface area contributed by atoms with E-state index >= 15 is 0 Å². The van der Waals surface area contributed by atoms with Crippen molar-refractivity contribution in [2.45, 2.75) is 27.2 Å². The van der Waals surface area contributed by atoms with E-state index in [0.717, 1.165) is 38.0 Å². The summed E-state index contributed by atoms with van der Waals surface area (Å²) < 4.78 is 13.1. The van der Waals surface area contributed by atoms with Gasteiger partial charge in [-0.25, -0.2) is 9.37 Å². The second-order valence-corrected chi connectivity index (χ2v) is 7.40. The van der Waals surface area contributed by atoms with Crippen molar-refractivity contribution >= 4 is 22.9 Å². The van der Waals surface area contributed by atoms with E-state index in [9.17, 15) is 9.18 Å². The fraction of sp³-hybridized carbons (Fsp3) is 0.200. The van der Waals surface area contributed by atoms with Gasteiger partial charge in [0.15, 0.2) is 0 Å². The van der Waals surface area contributed by atoms with Crippen LogP contribution in [-0.4, -0.2) is 10.9 Å². The van der Waals surface area contributed by atoms with Crippen molar-refractivity contribution in [3.05, 3.63) is 69.3 Å². The molecule has 0 saturated carbocycles. The fourth-order valence-electron chi connectivity index (χ4n) is 2.82. The number of nitrogens with one attached hydrogen (secondary N) is 1. The first-order chi connectivity index (χ1) is 11.9. The van der Waals surface area contributed by atoms with E-state index in [1.54, 1.807) is 12.1 Å². The van der Waals surface area contributed by atoms with E-state index in [4.69, 9.17) is 0 Å². The second kappa shape index (κ2) is 7.15. The maximum atomic E-state index is 13.1. The van der Waals surface area contributed by atoms with Crippen LogP contribution in [-0.2, 0) is 11.2 Å². The first-order valence-electron chi connectivity index (χ1n) is 8.01. The molecule has 0 atom stereocenters. The molecule has 3 rings (SSSR count). The van der Waals surface area contributed by atoms with Crippen LogP contribution >= 0.6 is 11.3 Å². The quantitative estimate of drug-likeness (QED) is 0.712. The van der Waals surface area contributed by atoms with Gasteiger partial charge in [-0.05, 0) is 68.3 Å². The standard InChI is InChI=1S/C20H19FN2OS/c1-12-8-13(2)10-17(9-12)23-19(24)11-18-20(22-14(3)25-18)15-4-6-16(21)7-5-15/h4-10H,11H2,1-3H3,(H,23,24). The van der Waals surface area contributed by atoms with Crippen LogP contribution in [0, 0.1) is 26.6 Å². The number of nitrogens with zero attached hydrogens (tertiary/aromatic N) is 1. The summed E-state index contributed by atoms with van der Waals surface area (Å²) in [4.78, 5) is 17.9. The van der Waals surface area contributed by atoms with Gasteiger partial charge in [0.2, 0.25) is 5.91 Å². The molecule has 1 N–H and O–H groups in total. The van der Waals surface area contributed by atoms with Crippen LogP contribution in [0.15, 0.2) is 42.5 Å². The molecule has 0 spiro atoms. The van der Waals surface area contributed by atoms with Crippen LogP contribution in [0.3, 0.4) is 0 Å². The van der Waals surface area contributed by atoms with E-state index in [2.05, 4.69) is 16.4 Å². The monoisotopic (exact) mass is 354 g/mol. The van der Waals surface area contributed by atoms with E-state index in [1.165, 1.54) is 23.5 Å². The van der Waals surface area contributed by atoms with Gasteiger partial charge in [0.1, 0.15) is 5.82 Å². The average Bonchev–Trinajstić information content (AvgIpc) is 2.87. The highest BCUT2D eigenvalue weighted by molar-refractivity contribution is 7.12. The van der Waals surface area contributed by atoms with E-state index in [0.29, 0.717) is 0 Å². The van der Waals surface area contributed by atoms with Crippen molar-refractivity contribution < 1.29 is 9.18 Å². The number of rotatable bonds is 4. The molecule has 25 heavy (non-hydrogen) atoms. The molecule has 1 amide bonds. The van der Waals surface area contributed by atoms with Crippen LogP contribution in [0.5, 0.6) is 0 Å². The van der Waals surface area contributed by atoms with Crippen LogP contribution in [0.2, 0.25) is 0 Å². The van der Waals surface area contributed by atoms with E-state index < -0.39 is 0 Å². The average molecular weight is 354 g/mol.